The minimum atomic E-state index is 0.122. The molecule has 0 aromatic heterocycles. The van der Waals surface area contributed by atoms with E-state index in [2.05, 4.69) is 31.8 Å². The van der Waals surface area contributed by atoms with Gasteiger partial charge in [-0.1, -0.05) is 37.8 Å². The Hall–Kier alpha value is -2.53. The number of ether oxygens (including phenoxy) is 1. The molecule has 0 unspecified atom stereocenters. The Balaban J connectivity index is 1.90. The summed E-state index contributed by atoms with van der Waals surface area (Å²) in [4.78, 5) is 10.6. The smallest absolute Gasteiger partial charge is 0.150 e. The van der Waals surface area contributed by atoms with Crippen LogP contribution in [0.3, 0.4) is 0 Å². The van der Waals surface area contributed by atoms with Crippen molar-refractivity contribution in [1.29, 1.82) is 0 Å². The minimum absolute atomic E-state index is 0.122. The average Bonchev–Trinajstić information content (AvgIpc) is 2.53. The quantitative estimate of drug-likeness (QED) is 0.587. The second-order valence-electron chi connectivity index (χ2n) is 6.18. The third-order valence-electron chi connectivity index (χ3n) is 4.09. The van der Waals surface area contributed by atoms with Gasteiger partial charge in [-0.05, 0) is 42.2 Å². The van der Waals surface area contributed by atoms with Crippen LogP contribution in [0.1, 0.15) is 47.3 Å². The highest BCUT2D eigenvalue weighted by Crippen LogP contribution is 2.38. The van der Waals surface area contributed by atoms with Crippen molar-refractivity contribution in [3.63, 3.8) is 0 Å². The normalized spacial score (nSPS) is 15.0. The summed E-state index contributed by atoms with van der Waals surface area (Å²) in [5.74, 6) is 7.30. The van der Waals surface area contributed by atoms with Crippen molar-refractivity contribution in [2.75, 3.05) is 6.61 Å². The molecule has 2 nitrogen and oxygen atoms in total. The van der Waals surface area contributed by atoms with Gasteiger partial charge >= 0.3 is 0 Å². The molecule has 0 saturated carbocycles. The van der Waals surface area contributed by atoms with Gasteiger partial charge in [-0.3, -0.25) is 4.79 Å². The molecule has 2 heteroatoms. The van der Waals surface area contributed by atoms with Crippen LogP contribution < -0.4 is 4.74 Å². The minimum Gasteiger partial charge on any atom is -0.493 e. The number of aldehydes is 1. The second-order valence-corrected chi connectivity index (χ2v) is 6.18. The predicted molar refractivity (Wildman–Crippen MR) is 87.4 cm³/mol. The Kier molecular flexibility index (Phi) is 3.73. The second kappa shape index (κ2) is 5.69. The maximum Gasteiger partial charge on any atom is 0.150 e. The molecule has 0 fully saturated rings. The van der Waals surface area contributed by atoms with Gasteiger partial charge in [0.15, 0.2) is 0 Å². The maximum absolute atomic E-state index is 10.6. The van der Waals surface area contributed by atoms with Gasteiger partial charge in [-0.25, -0.2) is 0 Å². The lowest BCUT2D eigenvalue weighted by atomic mass is 9.79. The SMILES string of the molecule is CC1(C)CCOc2ccc(C#Cc3ccc(C=O)cc3)cc21. The van der Waals surface area contributed by atoms with Gasteiger partial charge in [0.25, 0.3) is 0 Å². The molecular weight excluding hydrogens is 272 g/mol. The summed E-state index contributed by atoms with van der Waals surface area (Å²) in [6.45, 7) is 5.25. The van der Waals surface area contributed by atoms with Crippen LogP contribution in [0.2, 0.25) is 0 Å². The molecule has 1 aliphatic heterocycles. The molecule has 2 aromatic carbocycles. The monoisotopic (exact) mass is 290 g/mol. The van der Waals surface area contributed by atoms with E-state index in [1.54, 1.807) is 12.1 Å². The van der Waals surface area contributed by atoms with Crippen LogP contribution in [0.25, 0.3) is 0 Å². The van der Waals surface area contributed by atoms with E-state index in [4.69, 9.17) is 4.74 Å². The molecule has 0 aliphatic carbocycles. The fourth-order valence-corrected chi connectivity index (χ4v) is 2.60. The van der Waals surface area contributed by atoms with Crippen LogP contribution in [-0.2, 0) is 5.41 Å². The Labute approximate surface area is 131 Å². The standard InChI is InChI=1S/C20H18O2/c1-20(2)11-12-22-19-10-9-16(13-18(19)20)6-3-15-4-7-17(14-21)8-5-15/h4-5,7-10,13-14H,11-12H2,1-2H3. The van der Waals surface area contributed by atoms with Crippen molar-refractivity contribution >= 4 is 6.29 Å². The van der Waals surface area contributed by atoms with Crippen molar-refractivity contribution in [2.24, 2.45) is 0 Å². The Bertz CT molecular complexity index is 759. The van der Waals surface area contributed by atoms with E-state index in [9.17, 15) is 4.79 Å². The topological polar surface area (TPSA) is 26.3 Å². The fraction of sp³-hybridized carbons (Fsp3) is 0.250. The van der Waals surface area contributed by atoms with Crippen molar-refractivity contribution < 1.29 is 9.53 Å². The zero-order valence-corrected chi connectivity index (χ0v) is 12.8. The Morgan fingerprint density at radius 1 is 1.05 bits per heavy atom. The summed E-state index contributed by atoms with van der Waals surface area (Å²) in [7, 11) is 0. The molecule has 1 aliphatic rings. The average molecular weight is 290 g/mol. The van der Waals surface area contributed by atoms with E-state index in [0.29, 0.717) is 5.56 Å². The van der Waals surface area contributed by atoms with E-state index in [-0.39, 0.29) is 5.41 Å². The third-order valence-corrected chi connectivity index (χ3v) is 4.09. The molecule has 0 atom stereocenters. The highest BCUT2D eigenvalue weighted by Gasteiger charge is 2.28. The number of benzene rings is 2. The summed E-state index contributed by atoms with van der Waals surface area (Å²) in [5, 5.41) is 0. The summed E-state index contributed by atoms with van der Waals surface area (Å²) in [6.07, 6.45) is 1.85. The first kappa shape index (κ1) is 14.4. The number of hydrogen-bond acceptors (Lipinski definition) is 2. The maximum atomic E-state index is 10.6. The highest BCUT2D eigenvalue weighted by atomic mass is 16.5. The summed E-state index contributed by atoms with van der Waals surface area (Å²) in [5.41, 5.74) is 3.90. The van der Waals surface area contributed by atoms with Gasteiger partial charge in [-0.15, -0.1) is 0 Å². The molecule has 0 N–H and O–H groups in total. The molecule has 3 rings (SSSR count). The summed E-state index contributed by atoms with van der Waals surface area (Å²) < 4.78 is 5.72. The van der Waals surface area contributed by atoms with Gasteiger partial charge in [0.05, 0.1) is 6.61 Å². The predicted octanol–water partition coefficient (Wildman–Crippen LogP) is 3.96. The van der Waals surface area contributed by atoms with Crippen LogP contribution in [0.5, 0.6) is 5.75 Å². The fourth-order valence-electron chi connectivity index (χ4n) is 2.60. The van der Waals surface area contributed by atoms with E-state index in [1.807, 2.05) is 24.3 Å². The summed E-state index contributed by atoms with van der Waals surface area (Å²) >= 11 is 0. The van der Waals surface area contributed by atoms with Gasteiger partial charge in [0, 0.05) is 22.3 Å². The molecule has 110 valence electrons. The third kappa shape index (κ3) is 2.89. The van der Waals surface area contributed by atoms with Crippen molar-refractivity contribution in [3.05, 3.63) is 64.7 Å². The zero-order valence-electron chi connectivity index (χ0n) is 12.8. The molecule has 0 amide bonds. The van der Waals surface area contributed by atoms with Crippen molar-refractivity contribution in [3.8, 4) is 17.6 Å². The lowest BCUT2D eigenvalue weighted by Crippen LogP contribution is -2.26. The molecule has 1 heterocycles. The first-order valence-corrected chi connectivity index (χ1v) is 7.43. The van der Waals surface area contributed by atoms with Gasteiger partial charge in [0.2, 0.25) is 0 Å². The molecule has 0 bridgehead atoms. The number of carbonyl (C=O) groups excluding carboxylic acids is 1. The van der Waals surface area contributed by atoms with E-state index < -0.39 is 0 Å². The molecule has 22 heavy (non-hydrogen) atoms. The molecule has 0 radical (unpaired) electrons. The van der Waals surface area contributed by atoms with E-state index in [1.165, 1.54) is 5.56 Å². The van der Waals surface area contributed by atoms with Crippen LogP contribution >= 0.6 is 0 Å². The van der Waals surface area contributed by atoms with Gasteiger partial charge in [0.1, 0.15) is 12.0 Å². The molecule has 0 saturated heterocycles. The molecule has 2 aromatic rings. The lowest BCUT2D eigenvalue weighted by Gasteiger charge is -2.32. The van der Waals surface area contributed by atoms with Gasteiger partial charge < -0.3 is 4.74 Å². The highest BCUT2D eigenvalue weighted by molar-refractivity contribution is 5.74. The molecule has 0 spiro atoms. The number of rotatable bonds is 1. The first-order chi connectivity index (χ1) is 10.6. The largest absolute Gasteiger partial charge is 0.493 e. The van der Waals surface area contributed by atoms with E-state index in [0.717, 1.165) is 36.2 Å². The van der Waals surface area contributed by atoms with Crippen LogP contribution in [0, 0.1) is 11.8 Å². The molecular formula is C20H18O2. The summed E-state index contributed by atoms with van der Waals surface area (Å²) in [6, 6.07) is 13.4. The van der Waals surface area contributed by atoms with Crippen LogP contribution in [-0.4, -0.2) is 12.9 Å². The first-order valence-electron chi connectivity index (χ1n) is 7.43. The van der Waals surface area contributed by atoms with Crippen LogP contribution in [0.4, 0.5) is 0 Å². The lowest BCUT2D eigenvalue weighted by molar-refractivity contribution is 0.112. The van der Waals surface area contributed by atoms with Crippen LogP contribution in [0.15, 0.2) is 42.5 Å². The zero-order chi connectivity index (χ0) is 15.6. The number of hydrogen-bond donors (Lipinski definition) is 0. The van der Waals surface area contributed by atoms with Crippen molar-refractivity contribution in [1.82, 2.24) is 0 Å². The number of fused-ring (bicyclic) bond motifs is 1. The number of carbonyl (C=O) groups is 1. The van der Waals surface area contributed by atoms with Crippen molar-refractivity contribution in [2.45, 2.75) is 25.7 Å². The van der Waals surface area contributed by atoms with Gasteiger partial charge in [-0.2, -0.15) is 0 Å². The Morgan fingerprint density at radius 3 is 2.45 bits per heavy atom. The Morgan fingerprint density at radius 2 is 1.73 bits per heavy atom. The van der Waals surface area contributed by atoms with E-state index >= 15 is 0 Å².